The third-order valence-corrected chi connectivity index (χ3v) is 4.21. The van der Waals surface area contributed by atoms with Crippen molar-refractivity contribution < 1.29 is 19.9 Å². The standard InChI is InChI=1S/C18H17NO4/c20-17(15-7-3-4-8-16(15)18(21)22)14-6-2-1-5-13(14)12-9-10-19(23)11-12/h1-8,12,23H,9-11H2,(H,21,22). The van der Waals surface area contributed by atoms with Crippen LogP contribution in [0.25, 0.3) is 0 Å². The van der Waals surface area contributed by atoms with Gasteiger partial charge in [-0.05, 0) is 18.1 Å². The Bertz CT molecular complexity index is 756. The Hall–Kier alpha value is -2.50. The van der Waals surface area contributed by atoms with E-state index in [-0.39, 0.29) is 22.8 Å². The molecule has 1 aliphatic heterocycles. The van der Waals surface area contributed by atoms with E-state index in [4.69, 9.17) is 0 Å². The highest BCUT2D eigenvalue weighted by atomic mass is 16.5. The molecule has 1 unspecified atom stereocenters. The van der Waals surface area contributed by atoms with Crippen molar-refractivity contribution in [3.05, 3.63) is 70.8 Å². The van der Waals surface area contributed by atoms with E-state index in [0.717, 1.165) is 12.0 Å². The molecule has 5 nitrogen and oxygen atoms in total. The van der Waals surface area contributed by atoms with Crippen molar-refractivity contribution in [2.75, 3.05) is 13.1 Å². The van der Waals surface area contributed by atoms with Gasteiger partial charge in [0, 0.05) is 30.1 Å². The molecule has 1 atom stereocenters. The minimum atomic E-state index is -1.12. The average molecular weight is 311 g/mol. The number of aromatic carboxylic acids is 1. The molecule has 1 aliphatic rings. The van der Waals surface area contributed by atoms with Gasteiger partial charge in [-0.15, -0.1) is 0 Å². The van der Waals surface area contributed by atoms with Crippen molar-refractivity contribution in [1.82, 2.24) is 5.06 Å². The SMILES string of the molecule is O=C(O)c1ccccc1C(=O)c1ccccc1C1CCN(O)C1. The molecule has 0 radical (unpaired) electrons. The van der Waals surface area contributed by atoms with Gasteiger partial charge in [-0.3, -0.25) is 4.79 Å². The Morgan fingerprint density at radius 2 is 1.57 bits per heavy atom. The van der Waals surface area contributed by atoms with Crippen LogP contribution in [0, 0.1) is 0 Å². The minimum absolute atomic E-state index is 0.00232. The van der Waals surface area contributed by atoms with Gasteiger partial charge in [-0.25, -0.2) is 4.79 Å². The number of ketones is 1. The molecule has 0 aliphatic carbocycles. The zero-order valence-electron chi connectivity index (χ0n) is 12.5. The maximum absolute atomic E-state index is 12.9. The van der Waals surface area contributed by atoms with E-state index in [0.29, 0.717) is 18.7 Å². The van der Waals surface area contributed by atoms with Crippen LogP contribution in [0.3, 0.4) is 0 Å². The summed E-state index contributed by atoms with van der Waals surface area (Å²) in [6.07, 6.45) is 0.765. The molecule has 23 heavy (non-hydrogen) atoms. The van der Waals surface area contributed by atoms with Crippen LogP contribution < -0.4 is 0 Å². The Kier molecular flexibility index (Phi) is 4.23. The average Bonchev–Trinajstić information content (AvgIpc) is 3.00. The molecule has 0 amide bonds. The van der Waals surface area contributed by atoms with Gasteiger partial charge in [0.1, 0.15) is 0 Å². The summed E-state index contributed by atoms with van der Waals surface area (Å²) in [5, 5.41) is 20.1. The quantitative estimate of drug-likeness (QED) is 0.849. The third kappa shape index (κ3) is 3.02. The van der Waals surface area contributed by atoms with Gasteiger partial charge in [0.05, 0.1) is 5.56 Å². The highest BCUT2D eigenvalue weighted by Gasteiger charge is 2.27. The molecule has 2 N–H and O–H groups in total. The van der Waals surface area contributed by atoms with Gasteiger partial charge >= 0.3 is 5.97 Å². The van der Waals surface area contributed by atoms with E-state index in [1.54, 1.807) is 24.3 Å². The van der Waals surface area contributed by atoms with E-state index in [1.807, 2.05) is 12.1 Å². The Morgan fingerprint density at radius 1 is 0.957 bits per heavy atom. The molecular weight excluding hydrogens is 294 g/mol. The molecule has 2 aromatic rings. The summed E-state index contributed by atoms with van der Waals surface area (Å²) in [5.41, 5.74) is 1.55. The van der Waals surface area contributed by atoms with Crippen LogP contribution in [0.4, 0.5) is 0 Å². The first-order valence-electron chi connectivity index (χ1n) is 7.47. The minimum Gasteiger partial charge on any atom is -0.478 e. The summed E-state index contributed by atoms with van der Waals surface area (Å²) >= 11 is 0. The fourth-order valence-corrected chi connectivity index (χ4v) is 3.07. The van der Waals surface area contributed by atoms with E-state index >= 15 is 0 Å². The molecule has 0 saturated carbocycles. The number of hydrogen-bond donors (Lipinski definition) is 2. The number of carbonyl (C=O) groups is 2. The summed E-state index contributed by atoms with van der Waals surface area (Å²) in [4.78, 5) is 24.2. The van der Waals surface area contributed by atoms with Crippen molar-refractivity contribution in [2.45, 2.75) is 12.3 Å². The van der Waals surface area contributed by atoms with Gasteiger partial charge in [0.25, 0.3) is 0 Å². The molecule has 0 aromatic heterocycles. The monoisotopic (exact) mass is 311 g/mol. The number of carboxylic acids is 1. The molecular formula is C18H17NO4. The normalized spacial score (nSPS) is 18.0. The molecule has 5 heteroatoms. The van der Waals surface area contributed by atoms with E-state index < -0.39 is 5.97 Å². The van der Waals surface area contributed by atoms with E-state index in [2.05, 4.69) is 0 Å². The lowest BCUT2D eigenvalue weighted by atomic mass is 9.88. The van der Waals surface area contributed by atoms with Gasteiger partial charge in [0.2, 0.25) is 0 Å². The molecule has 1 fully saturated rings. The number of carbonyl (C=O) groups excluding carboxylic acids is 1. The van der Waals surface area contributed by atoms with Crippen molar-refractivity contribution in [1.29, 1.82) is 0 Å². The zero-order valence-corrected chi connectivity index (χ0v) is 12.5. The van der Waals surface area contributed by atoms with Gasteiger partial charge in [0.15, 0.2) is 5.78 Å². The molecule has 1 saturated heterocycles. The largest absolute Gasteiger partial charge is 0.478 e. The Labute approximate surface area is 133 Å². The topological polar surface area (TPSA) is 77.8 Å². The number of carboxylic acid groups (broad SMARTS) is 1. The van der Waals surface area contributed by atoms with Crippen LogP contribution in [-0.4, -0.2) is 40.2 Å². The summed E-state index contributed by atoms with van der Waals surface area (Å²) in [6.45, 7) is 1.05. The van der Waals surface area contributed by atoms with Crippen LogP contribution >= 0.6 is 0 Å². The first-order chi connectivity index (χ1) is 11.1. The Morgan fingerprint density at radius 3 is 2.17 bits per heavy atom. The Balaban J connectivity index is 2.03. The predicted molar refractivity (Wildman–Crippen MR) is 84.0 cm³/mol. The van der Waals surface area contributed by atoms with Crippen LogP contribution in [0.1, 0.15) is 44.2 Å². The number of rotatable bonds is 4. The number of hydroxylamine groups is 2. The van der Waals surface area contributed by atoms with Gasteiger partial charge < -0.3 is 10.3 Å². The summed E-state index contributed by atoms with van der Waals surface area (Å²) in [6, 6.07) is 13.5. The van der Waals surface area contributed by atoms with Crippen LogP contribution in [0.2, 0.25) is 0 Å². The summed E-state index contributed by atoms with van der Waals surface area (Å²) in [5.74, 6) is -1.35. The molecule has 1 heterocycles. The first kappa shape index (κ1) is 15.4. The highest BCUT2D eigenvalue weighted by Crippen LogP contribution is 2.30. The number of benzene rings is 2. The van der Waals surface area contributed by atoms with E-state index in [9.17, 15) is 19.9 Å². The maximum Gasteiger partial charge on any atom is 0.336 e. The fraction of sp³-hybridized carbons (Fsp3) is 0.222. The van der Waals surface area contributed by atoms with Crippen LogP contribution in [-0.2, 0) is 0 Å². The molecule has 0 spiro atoms. The molecule has 118 valence electrons. The third-order valence-electron chi connectivity index (χ3n) is 4.21. The predicted octanol–water partition coefficient (Wildman–Crippen LogP) is 2.79. The smallest absolute Gasteiger partial charge is 0.336 e. The number of hydrogen-bond acceptors (Lipinski definition) is 4. The van der Waals surface area contributed by atoms with Crippen LogP contribution in [0.5, 0.6) is 0 Å². The fourth-order valence-electron chi connectivity index (χ4n) is 3.07. The van der Waals surface area contributed by atoms with E-state index in [1.165, 1.54) is 17.2 Å². The number of nitrogens with zero attached hydrogens (tertiary/aromatic N) is 1. The van der Waals surface area contributed by atoms with Crippen molar-refractivity contribution in [2.24, 2.45) is 0 Å². The molecule has 3 rings (SSSR count). The van der Waals surface area contributed by atoms with Gasteiger partial charge in [-0.1, -0.05) is 42.5 Å². The van der Waals surface area contributed by atoms with Crippen LogP contribution in [0.15, 0.2) is 48.5 Å². The zero-order chi connectivity index (χ0) is 16.4. The first-order valence-corrected chi connectivity index (χ1v) is 7.47. The molecule has 2 aromatic carbocycles. The second kappa shape index (κ2) is 6.32. The highest BCUT2D eigenvalue weighted by molar-refractivity contribution is 6.15. The van der Waals surface area contributed by atoms with Crippen molar-refractivity contribution in [3.63, 3.8) is 0 Å². The van der Waals surface area contributed by atoms with Gasteiger partial charge in [-0.2, -0.15) is 5.06 Å². The van der Waals surface area contributed by atoms with Crippen molar-refractivity contribution in [3.8, 4) is 0 Å². The van der Waals surface area contributed by atoms with Crippen molar-refractivity contribution >= 4 is 11.8 Å². The maximum atomic E-state index is 12.9. The molecule has 0 bridgehead atoms. The lowest BCUT2D eigenvalue weighted by molar-refractivity contribution is -0.0691. The summed E-state index contributed by atoms with van der Waals surface area (Å²) < 4.78 is 0. The second-order valence-electron chi connectivity index (χ2n) is 5.67. The lowest BCUT2D eigenvalue weighted by Gasteiger charge is -2.15. The second-order valence-corrected chi connectivity index (χ2v) is 5.67. The lowest BCUT2D eigenvalue weighted by Crippen LogP contribution is -2.16. The summed E-state index contributed by atoms with van der Waals surface area (Å²) in [7, 11) is 0.